The molecule has 0 bridgehead atoms. The lowest BCUT2D eigenvalue weighted by molar-refractivity contribution is -0.123. The molecule has 1 atom stereocenters. The summed E-state index contributed by atoms with van der Waals surface area (Å²) in [4.78, 5) is 26.0. The zero-order valence-electron chi connectivity index (χ0n) is 18.4. The highest BCUT2D eigenvalue weighted by Gasteiger charge is 2.44. The summed E-state index contributed by atoms with van der Waals surface area (Å²) in [5.74, 6) is 0.310. The van der Waals surface area contributed by atoms with Gasteiger partial charge in [-0.15, -0.1) is 0 Å². The highest BCUT2D eigenvalue weighted by Crippen LogP contribution is 2.37. The third-order valence-corrected chi connectivity index (χ3v) is 5.52. The second-order valence-electron chi connectivity index (χ2n) is 7.89. The fraction of sp³-hybridized carbons (Fsp3) is 0.259. The van der Waals surface area contributed by atoms with Gasteiger partial charge in [0.25, 0.3) is 0 Å². The van der Waals surface area contributed by atoms with E-state index in [-0.39, 0.29) is 5.92 Å². The number of hydrogen-bond donors (Lipinski definition) is 0. The third-order valence-electron chi connectivity index (χ3n) is 5.52. The molecule has 160 valence electrons. The summed E-state index contributed by atoms with van der Waals surface area (Å²) in [7, 11) is 1.38. The Morgan fingerprint density at radius 1 is 1.00 bits per heavy atom. The van der Waals surface area contributed by atoms with E-state index < -0.39 is 11.4 Å². The topological polar surface area (TPSA) is 52.6 Å². The standard InChI is InChI=1S/C27H28O4/c1-19(2)22-14-15-24(25(16-22)31-17-21-11-6-5-7-12-21)27(18-28,30-4)26(29)23-13-9-8-10-20(23)3/h5-16,18-19H,17H2,1-4H3. The molecule has 0 radical (unpaired) electrons. The first-order valence-electron chi connectivity index (χ1n) is 10.4. The minimum Gasteiger partial charge on any atom is -0.488 e. The largest absolute Gasteiger partial charge is 0.488 e. The predicted molar refractivity (Wildman–Crippen MR) is 122 cm³/mol. The zero-order chi connectivity index (χ0) is 22.4. The van der Waals surface area contributed by atoms with Crippen LogP contribution in [0.2, 0.25) is 0 Å². The van der Waals surface area contributed by atoms with Gasteiger partial charge in [-0.25, -0.2) is 0 Å². The molecule has 0 fully saturated rings. The van der Waals surface area contributed by atoms with Crippen molar-refractivity contribution in [3.8, 4) is 5.75 Å². The normalized spacial score (nSPS) is 12.9. The molecule has 0 saturated carbocycles. The van der Waals surface area contributed by atoms with Gasteiger partial charge in [0.05, 0.1) is 0 Å². The van der Waals surface area contributed by atoms with Crippen molar-refractivity contribution in [2.75, 3.05) is 7.11 Å². The van der Waals surface area contributed by atoms with E-state index in [0.29, 0.717) is 29.8 Å². The summed E-state index contributed by atoms with van der Waals surface area (Å²) >= 11 is 0. The molecule has 0 aliphatic rings. The van der Waals surface area contributed by atoms with Gasteiger partial charge in [0.15, 0.2) is 6.29 Å². The molecular weight excluding hydrogens is 388 g/mol. The van der Waals surface area contributed by atoms with Gasteiger partial charge >= 0.3 is 0 Å². The first-order valence-corrected chi connectivity index (χ1v) is 10.4. The van der Waals surface area contributed by atoms with E-state index in [9.17, 15) is 9.59 Å². The lowest BCUT2D eigenvalue weighted by Gasteiger charge is -2.29. The molecule has 0 N–H and O–H groups in total. The fourth-order valence-electron chi connectivity index (χ4n) is 3.58. The Labute approximate surface area is 183 Å². The van der Waals surface area contributed by atoms with Gasteiger partial charge in [-0.3, -0.25) is 9.59 Å². The number of carbonyl (C=O) groups is 2. The number of methoxy groups -OCH3 is 1. The van der Waals surface area contributed by atoms with E-state index in [1.54, 1.807) is 18.2 Å². The van der Waals surface area contributed by atoms with Crippen molar-refractivity contribution in [3.63, 3.8) is 0 Å². The van der Waals surface area contributed by atoms with Crippen LogP contribution in [0.3, 0.4) is 0 Å². The molecule has 1 unspecified atom stereocenters. The van der Waals surface area contributed by atoms with Gasteiger partial charge in [-0.1, -0.05) is 80.6 Å². The van der Waals surface area contributed by atoms with Crippen molar-refractivity contribution in [2.45, 2.75) is 38.9 Å². The summed E-state index contributed by atoms with van der Waals surface area (Å²) in [5, 5.41) is 0. The van der Waals surface area contributed by atoms with E-state index in [0.717, 1.165) is 16.7 Å². The van der Waals surface area contributed by atoms with Crippen LogP contribution in [-0.2, 0) is 21.7 Å². The van der Waals surface area contributed by atoms with Crippen LogP contribution < -0.4 is 4.74 Å². The number of ketones is 1. The number of benzene rings is 3. The second kappa shape index (κ2) is 9.71. The quantitative estimate of drug-likeness (QED) is 0.258. The fourth-order valence-corrected chi connectivity index (χ4v) is 3.58. The van der Waals surface area contributed by atoms with Crippen LogP contribution in [0.15, 0.2) is 72.8 Å². The van der Waals surface area contributed by atoms with Gasteiger partial charge in [-0.2, -0.15) is 0 Å². The van der Waals surface area contributed by atoms with Crippen LogP contribution in [0.5, 0.6) is 5.75 Å². The van der Waals surface area contributed by atoms with Crippen molar-refractivity contribution in [3.05, 3.63) is 101 Å². The minimum absolute atomic E-state index is 0.258. The maximum Gasteiger partial charge on any atom is 0.214 e. The van der Waals surface area contributed by atoms with E-state index in [1.165, 1.54) is 7.11 Å². The number of rotatable bonds is 9. The van der Waals surface area contributed by atoms with Crippen LogP contribution in [0, 0.1) is 6.92 Å². The summed E-state index contributed by atoms with van der Waals surface area (Å²) in [6, 6.07) is 22.5. The van der Waals surface area contributed by atoms with Crippen molar-refractivity contribution < 1.29 is 19.1 Å². The summed E-state index contributed by atoms with van der Waals surface area (Å²) in [6.07, 6.45) is 0.571. The molecule has 31 heavy (non-hydrogen) atoms. The Morgan fingerprint density at radius 2 is 1.68 bits per heavy atom. The Hall–Kier alpha value is -3.24. The maximum atomic E-state index is 13.6. The molecule has 0 saturated heterocycles. The summed E-state index contributed by atoms with van der Waals surface area (Å²) < 4.78 is 11.8. The minimum atomic E-state index is -1.80. The van der Waals surface area contributed by atoms with Crippen molar-refractivity contribution in [1.29, 1.82) is 0 Å². The number of aldehydes is 1. The number of hydrogen-bond acceptors (Lipinski definition) is 4. The zero-order valence-corrected chi connectivity index (χ0v) is 18.4. The van der Waals surface area contributed by atoms with E-state index in [1.807, 2.05) is 61.5 Å². The van der Waals surface area contributed by atoms with Gasteiger partial charge in [0, 0.05) is 18.2 Å². The SMILES string of the molecule is COC(C=O)(C(=O)c1ccccc1C)c1ccc(C(C)C)cc1OCc1ccccc1. The molecule has 4 nitrogen and oxygen atoms in total. The molecule has 0 aliphatic carbocycles. The van der Waals surface area contributed by atoms with Crippen LogP contribution in [0.1, 0.15) is 52.4 Å². The highest BCUT2D eigenvalue weighted by molar-refractivity contribution is 6.13. The molecule has 4 heteroatoms. The van der Waals surface area contributed by atoms with E-state index in [4.69, 9.17) is 9.47 Å². The highest BCUT2D eigenvalue weighted by atomic mass is 16.5. The molecule has 0 aliphatic heterocycles. The Morgan fingerprint density at radius 3 is 2.29 bits per heavy atom. The molecule has 0 amide bonds. The third kappa shape index (κ3) is 4.59. The Bertz CT molecular complexity index is 1060. The van der Waals surface area contributed by atoms with Crippen molar-refractivity contribution in [1.82, 2.24) is 0 Å². The number of Topliss-reactive ketones (excluding diaryl/α,β-unsaturated/α-hetero) is 1. The lowest BCUT2D eigenvalue weighted by Crippen LogP contribution is -2.40. The predicted octanol–water partition coefficient (Wildman–Crippen LogP) is 5.62. The average molecular weight is 417 g/mol. The van der Waals surface area contributed by atoms with Gasteiger partial charge < -0.3 is 9.47 Å². The van der Waals surface area contributed by atoms with Crippen molar-refractivity contribution >= 4 is 12.1 Å². The average Bonchev–Trinajstić information content (AvgIpc) is 2.80. The smallest absolute Gasteiger partial charge is 0.214 e. The summed E-state index contributed by atoms with van der Waals surface area (Å²) in [6.45, 7) is 6.31. The molecule has 0 heterocycles. The molecule has 3 rings (SSSR count). The first kappa shape index (κ1) is 22.4. The monoisotopic (exact) mass is 416 g/mol. The molecule has 0 aromatic heterocycles. The molecule has 3 aromatic rings. The molecule has 3 aromatic carbocycles. The van der Waals surface area contributed by atoms with Crippen LogP contribution >= 0.6 is 0 Å². The second-order valence-corrected chi connectivity index (χ2v) is 7.89. The number of carbonyl (C=O) groups excluding carboxylic acids is 2. The number of aryl methyl sites for hydroxylation is 1. The van der Waals surface area contributed by atoms with Crippen LogP contribution in [0.25, 0.3) is 0 Å². The Kier molecular flexibility index (Phi) is 7.03. The molecule has 0 spiro atoms. The van der Waals surface area contributed by atoms with Crippen molar-refractivity contribution in [2.24, 2.45) is 0 Å². The maximum absolute atomic E-state index is 13.6. The number of ether oxygens (including phenoxy) is 2. The van der Waals surface area contributed by atoms with Gasteiger partial charge in [0.2, 0.25) is 11.4 Å². The van der Waals surface area contributed by atoms with Crippen LogP contribution in [0.4, 0.5) is 0 Å². The first-order chi connectivity index (χ1) is 14.9. The lowest BCUT2D eigenvalue weighted by atomic mass is 9.84. The van der Waals surface area contributed by atoms with E-state index in [2.05, 4.69) is 13.8 Å². The summed E-state index contributed by atoms with van der Waals surface area (Å²) in [5.41, 5.74) is 1.86. The van der Waals surface area contributed by atoms with Gasteiger partial charge in [0.1, 0.15) is 12.4 Å². The van der Waals surface area contributed by atoms with E-state index >= 15 is 0 Å². The van der Waals surface area contributed by atoms with Gasteiger partial charge in [-0.05, 0) is 35.6 Å². The van der Waals surface area contributed by atoms with Crippen LogP contribution in [-0.4, -0.2) is 19.2 Å². The Balaban J connectivity index is 2.11. The molecular formula is C27H28O4.